The first-order valence-electron chi connectivity index (χ1n) is 5.68. The van der Waals surface area contributed by atoms with E-state index in [1.54, 1.807) is 18.2 Å². The number of benzene rings is 2. The smallest absolute Gasteiger partial charge is 0.362 e. The Kier molecular flexibility index (Phi) is 2.62. The summed E-state index contributed by atoms with van der Waals surface area (Å²) in [7, 11) is 0. The van der Waals surface area contributed by atoms with Crippen LogP contribution < -0.4 is 10.9 Å². The Bertz CT molecular complexity index is 650. The lowest BCUT2D eigenvalue weighted by Gasteiger charge is -2.07. The standard InChI is InChI=1S/C14H9BFNO/c16-13-5-4-11-9-18-15(14(11)7-13)12-3-1-2-10(6-12)8-17/h1-7H,9H2. The van der Waals surface area contributed by atoms with E-state index in [9.17, 15) is 4.39 Å². The first kappa shape index (κ1) is 11.0. The van der Waals surface area contributed by atoms with Gasteiger partial charge in [0.05, 0.1) is 18.2 Å². The maximum atomic E-state index is 13.3. The van der Waals surface area contributed by atoms with E-state index in [1.165, 1.54) is 12.1 Å². The lowest BCUT2D eigenvalue weighted by atomic mass is 9.55. The number of rotatable bonds is 1. The van der Waals surface area contributed by atoms with Gasteiger partial charge in [-0.05, 0) is 40.8 Å². The Morgan fingerprint density at radius 3 is 2.94 bits per heavy atom. The molecule has 1 aliphatic rings. The fourth-order valence-electron chi connectivity index (χ4n) is 2.25. The van der Waals surface area contributed by atoms with Crippen LogP contribution in [0.1, 0.15) is 11.1 Å². The van der Waals surface area contributed by atoms with Gasteiger partial charge in [0.1, 0.15) is 5.82 Å². The molecular weight excluding hydrogens is 228 g/mol. The topological polar surface area (TPSA) is 33.0 Å². The molecule has 0 radical (unpaired) electrons. The largest absolute Gasteiger partial charge is 0.423 e. The van der Waals surface area contributed by atoms with Crippen molar-refractivity contribution in [2.24, 2.45) is 0 Å². The van der Waals surface area contributed by atoms with Crippen molar-refractivity contribution in [1.82, 2.24) is 0 Å². The Balaban J connectivity index is 2.06. The second-order valence-corrected chi connectivity index (χ2v) is 4.27. The zero-order chi connectivity index (χ0) is 12.5. The summed E-state index contributed by atoms with van der Waals surface area (Å²) in [4.78, 5) is 0. The molecule has 0 fully saturated rings. The second-order valence-electron chi connectivity index (χ2n) is 4.27. The summed E-state index contributed by atoms with van der Waals surface area (Å²) in [6.07, 6.45) is 0. The van der Waals surface area contributed by atoms with Crippen LogP contribution >= 0.6 is 0 Å². The van der Waals surface area contributed by atoms with E-state index in [-0.39, 0.29) is 12.7 Å². The van der Waals surface area contributed by atoms with E-state index in [4.69, 9.17) is 9.92 Å². The highest BCUT2D eigenvalue weighted by molar-refractivity contribution is 6.81. The highest BCUT2D eigenvalue weighted by atomic mass is 19.1. The third kappa shape index (κ3) is 1.79. The van der Waals surface area contributed by atoms with Crippen LogP contribution in [0.5, 0.6) is 0 Å². The number of hydrogen-bond donors (Lipinski definition) is 0. The first-order chi connectivity index (χ1) is 8.78. The highest BCUT2D eigenvalue weighted by Gasteiger charge is 2.30. The van der Waals surface area contributed by atoms with Crippen molar-refractivity contribution < 1.29 is 9.04 Å². The Morgan fingerprint density at radius 1 is 1.22 bits per heavy atom. The molecule has 2 nitrogen and oxygen atoms in total. The summed E-state index contributed by atoms with van der Waals surface area (Å²) in [6.45, 7) is 0.209. The number of hydrogen-bond acceptors (Lipinski definition) is 2. The van der Waals surface area contributed by atoms with Crippen molar-refractivity contribution in [2.45, 2.75) is 6.61 Å². The molecule has 0 saturated carbocycles. The van der Waals surface area contributed by atoms with Crippen molar-refractivity contribution in [2.75, 3.05) is 0 Å². The molecule has 4 heteroatoms. The first-order valence-corrected chi connectivity index (χ1v) is 5.68. The number of fused-ring (bicyclic) bond motifs is 1. The third-order valence-electron chi connectivity index (χ3n) is 3.11. The van der Waals surface area contributed by atoms with Crippen LogP contribution in [0, 0.1) is 17.1 Å². The molecule has 0 bridgehead atoms. The minimum atomic E-state index is -0.274. The second kappa shape index (κ2) is 4.28. The van der Waals surface area contributed by atoms with E-state index >= 15 is 0 Å². The lowest BCUT2D eigenvalue weighted by Crippen LogP contribution is -2.41. The van der Waals surface area contributed by atoms with Gasteiger partial charge in [0.15, 0.2) is 0 Å². The van der Waals surface area contributed by atoms with E-state index < -0.39 is 0 Å². The molecule has 0 N–H and O–H groups in total. The van der Waals surface area contributed by atoms with Gasteiger partial charge in [-0.1, -0.05) is 18.2 Å². The fraction of sp³-hybridized carbons (Fsp3) is 0.0714. The Hall–Kier alpha value is -2.12. The van der Waals surface area contributed by atoms with Crippen LogP contribution in [0.4, 0.5) is 4.39 Å². The van der Waals surface area contributed by atoms with Crippen molar-refractivity contribution >= 4 is 17.8 Å². The van der Waals surface area contributed by atoms with E-state index in [2.05, 4.69) is 6.07 Å². The van der Waals surface area contributed by atoms with Crippen LogP contribution in [-0.2, 0) is 11.3 Å². The predicted octanol–water partition coefficient (Wildman–Crippen LogP) is 1.33. The summed E-state index contributed by atoms with van der Waals surface area (Å²) < 4.78 is 19.0. The molecule has 0 unspecified atom stereocenters. The summed E-state index contributed by atoms with van der Waals surface area (Å²) in [6, 6.07) is 14.0. The molecule has 86 valence electrons. The van der Waals surface area contributed by atoms with Crippen LogP contribution in [0.3, 0.4) is 0 Å². The van der Waals surface area contributed by atoms with Crippen LogP contribution in [-0.4, -0.2) is 6.92 Å². The van der Waals surface area contributed by atoms with Gasteiger partial charge in [0.25, 0.3) is 0 Å². The predicted molar refractivity (Wildman–Crippen MR) is 67.4 cm³/mol. The van der Waals surface area contributed by atoms with Gasteiger partial charge in [0, 0.05) is 0 Å². The van der Waals surface area contributed by atoms with Crippen molar-refractivity contribution in [3.05, 3.63) is 59.4 Å². The van der Waals surface area contributed by atoms with Crippen LogP contribution in [0.25, 0.3) is 0 Å². The van der Waals surface area contributed by atoms with Gasteiger partial charge in [-0.15, -0.1) is 0 Å². The average Bonchev–Trinajstić information content (AvgIpc) is 2.81. The normalized spacial score (nSPS) is 13.2. The van der Waals surface area contributed by atoms with Crippen molar-refractivity contribution in [3.8, 4) is 6.07 Å². The van der Waals surface area contributed by atoms with Crippen LogP contribution in [0.2, 0.25) is 0 Å². The van der Waals surface area contributed by atoms with Crippen LogP contribution in [0.15, 0.2) is 42.5 Å². The molecule has 2 aromatic carbocycles. The van der Waals surface area contributed by atoms with E-state index in [0.29, 0.717) is 12.2 Å². The quantitative estimate of drug-likeness (QED) is 0.701. The minimum Gasteiger partial charge on any atom is -0.423 e. The molecule has 0 aliphatic carbocycles. The maximum Gasteiger partial charge on any atom is 0.362 e. The van der Waals surface area contributed by atoms with Gasteiger partial charge in [-0.3, -0.25) is 0 Å². The molecule has 18 heavy (non-hydrogen) atoms. The molecule has 0 saturated heterocycles. The monoisotopic (exact) mass is 237 g/mol. The summed E-state index contributed by atoms with van der Waals surface area (Å²) in [5.41, 5.74) is 3.33. The summed E-state index contributed by atoms with van der Waals surface area (Å²) >= 11 is 0. The SMILES string of the molecule is N#Cc1cccc(B2OCc3ccc(F)cc32)c1. The summed E-state index contributed by atoms with van der Waals surface area (Å²) in [5, 5.41) is 8.89. The van der Waals surface area contributed by atoms with Crippen molar-refractivity contribution in [3.63, 3.8) is 0 Å². The van der Waals surface area contributed by atoms with E-state index in [0.717, 1.165) is 16.5 Å². The average molecular weight is 237 g/mol. The molecule has 2 aromatic rings. The maximum absolute atomic E-state index is 13.3. The third-order valence-corrected chi connectivity index (χ3v) is 3.11. The summed E-state index contributed by atoms with van der Waals surface area (Å²) in [5.74, 6) is -0.263. The molecular formula is C14H9BFNO. The van der Waals surface area contributed by atoms with Gasteiger partial charge in [-0.2, -0.15) is 5.26 Å². The molecule has 0 spiro atoms. The zero-order valence-corrected chi connectivity index (χ0v) is 9.56. The molecule has 0 aromatic heterocycles. The van der Waals surface area contributed by atoms with E-state index in [1.807, 2.05) is 12.1 Å². The van der Waals surface area contributed by atoms with Crippen molar-refractivity contribution in [1.29, 1.82) is 5.26 Å². The number of halogens is 1. The molecule has 0 atom stereocenters. The Morgan fingerprint density at radius 2 is 2.11 bits per heavy atom. The van der Waals surface area contributed by atoms with Gasteiger partial charge < -0.3 is 4.65 Å². The number of nitriles is 1. The zero-order valence-electron chi connectivity index (χ0n) is 9.56. The lowest BCUT2D eigenvalue weighted by molar-refractivity contribution is 0.337. The molecule has 0 amide bonds. The molecule has 1 heterocycles. The van der Waals surface area contributed by atoms with Gasteiger partial charge >= 0.3 is 6.92 Å². The number of nitrogens with zero attached hydrogens (tertiary/aromatic N) is 1. The fourth-order valence-corrected chi connectivity index (χ4v) is 2.25. The Labute approximate surface area is 105 Å². The molecule has 3 rings (SSSR count). The molecule has 1 aliphatic heterocycles. The highest BCUT2D eigenvalue weighted by Crippen LogP contribution is 2.12. The van der Waals surface area contributed by atoms with Gasteiger partial charge in [-0.25, -0.2) is 4.39 Å². The minimum absolute atomic E-state index is 0.263. The van der Waals surface area contributed by atoms with Gasteiger partial charge in [0.2, 0.25) is 0 Å².